The summed E-state index contributed by atoms with van der Waals surface area (Å²) in [6, 6.07) is 6.26. The van der Waals surface area contributed by atoms with Crippen LogP contribution in [0.3, 0.4) is 0 Å². The van der Waals surface area contributed by atoms with E-state index in [0.29, 0.717) is 5.92 Å². The number of fused-ring (bicyclic) bond motifs is 1. The molecule has 2 N–H and O–H groups in total. The molecular weight excluding hydrogens is 308 g/mol. The first kappa shape index (κ1) is 12.6. The van der Waals surface area contributed by atoms with E-state index in [1.165, 1.54) is 17.5 Å². The quantitative estimate of drug-likeness (QED) is 0.843. The van der Waals surface area contributed by atoms with Gasteiger partial charge in [0.2, 0.25) is 0 Å². The standard InChI is InChI=1S/C14H17BrN2S/c1-9-3-2-6-14(16,8-9)13-17-11-7-10(15)4-5-12(11)18-13/h4-5,7,9H,2-3,6,8,16H2,1H3. The highest BCUT2D eigenvalue weighted by Crippen LogP contribution is 2.40. The van der Waals surface area contributed by atoms with Gasteiger partial charge in [0, 0.05) is 4.47 Å². The predicted octanol–water partition coefficient (Wildman–Crippen LogP) is 4.42. The van der Waals surface area contributed by atoms with Crippen molar-refractivity contribution in [2.75, 3.05) is 0 Å². The van der Waals surface area contributed by atoms with Gasteiger partial charge in [0.15, 0.2) is 0 Å². The monoisotopic (exact) mass is 324 g/mol. The number of rotatable bonds is 1. The molecule has 1 aromatic heterocycles. The highest BCUT2D eigenvalue weighted by Gasteiger charge is 2.35. The van der Waals surface area contributed by atoms with Crippen LogP contribution in [-0.2, 0) is 5.54 Å². The van der Waals surface area contributed by atoms with E-state index in [1.54, 1.807) is 11.3 Å². The van der Waals surface area contributed by atoms with E-state index >= 15 is 0 Å². The number of nitrogens with two attached hydrogens (primary N) is 1. The molecule has 3 rings (SSSR count). The lowest BCUT2D eigenvalue weighted by atomic mass is 9.77. The van der Waals surface area contributed by atoms with E-state index in [-0.39, 0.29) is 5.54 Å². The van der Waals surface area contributed by atoms with Gasteiger partial charge in [-0.25, -0.2) is 4.98 Å². The lowest BCUT2D eigenvalue weighted by Crippen LogP contribution is -2.40. The summed E-state index contributed by atoms with van der Waals surface area (Å²) in [6.45, 7) is 2.30. The summed E-state index contributed by atoms with van der Waals surface area (Å²) in [5.74, 6) is 0.711. The lowest BCUT2D eigenvalue weighted by molar-refractivity contribution is 0.239. The molecule has 1 aliphatic rings. The van der Waals surface area contributed by atoms with Crippen molar-refractivity contribution in [3.63, 3.8) is 0 Å². The Hall–Kier alpha value is -0.450. The highest BCUT2D eigenvalue weighted by molar-refractivity contribution is 9.10. The second-order valence-electron chi connectivity index (χ2n) is 5.49. The number of nitrogens with zero attached hydrogens (tertiary/aromatic N) is 1. The number of benzene rings is 1. The lowest BCUT2D eigenvalue weighted by Gasteiger charge is -2.35. The first-order valence-corrected chi connectivity index (χ1v) is 8.03. The second-order valence-corrected chi connectivity index (χ2v) is 7.44. The number of hydrogen-bond acceptors (Lipinski definition) is 3. The van der Waals surface area contributed by atoms with Crippen LogP contribution in [0, 0.1) is 5.92 Å². The molecular formula is C14H17BrN2S. The average Bonchev–Trinajstić information content (AvgIpc) is 2.72. The minimum absolute atomic E-state index is 0.201. The third-order valence-corrected chi connectivity index (χ3v) is 5.56. The predicted molar refractivity (Wildman–Crippen MR) is 80.8 cm³/mol. The van der Waals surface area contributed by atoms with Gasteiger partial charge in [0.05, 0.1) is 15.8 Å². The molecule has 2 unspecified atom stereocenters. The molecule has 0 radical (unpaired) electrons. The average molecular weight is 325 g/mol. The summed E-state index contributed by atoms with van der Waals surface area (Å²) in [5, 5.41) is 1.11. The smallest absolute Gasteiger partial charge is 0.114 e. The van der Waals surface area contributed by atoms with Crippen LogP contribution in [0.5, 0.6) is 0 Å². The van der Waals surface area contributed by atoms with Gasteiger partial charge in [-0.3, -0.25) is 0 Å². The summed E-state index contributed by atoms with van der Waals surface area (Å²) < 4.78 is 2.31. The molecule has 4 heteroatoms. The van der Waals surface area contributed by atoms with Crippen molar-refractivity contribution >= 4 is 37.5 Å². The fourth-order valence-corrected chi connectivity index (χ4v) is 4.33. The molecule has 1 fully saturated rings. The normalized spacial score (nSPS) is 28.7. The molecule has 2 atom stereocenters. The van der Waals surface area contributed by atoms with Crippen molar-refractivity contribution in [1.29, 1.82) is 0 Å². The van der Waals surface area contributed by atoms with Gasteiger partial charge in [-0.05, 0) is 37.0 Å². The van der Waals surface area contributed by atoms with Gasteiger partial charge >= 0.3 is 0 Å². The van der Waals surface area contributed by atoms with Crippen molar-refractivity contribution in [3.8, 4) is 0 Å². The number of aromatic nitrogens is 1. The molecule has 0 spiro atoms. The van der Waals surface area contributed by atoms with Gasteiger partial charge < -0.3 is 5.73 Å². The van der Waals surface area contributed by atoms with Crippen LogP contribution in [0.25, 0.3) is 10.2 Å². The molecule has 0 aliphatic heterocycles. The van der Waals surface area contributed by atoms with E-state index in [4.69, 9.17) is 10.7 Å². The largest absolute Gasteiger partial charge is 0.319 e. The molecule has 1 heterocycles. The SMILES string of the molecule is CC1CCCC(N)(c2nc3cc(Br)ccc3s2)C1. The van der Waals surface area contributed by atoms with Crippen LogP contribution in [-0.4, -0.2) is 4.98 Å². The Balaban J connectivity index is 2.03. The Morgan fingerprint density at radius 3 is 3.11 bits per heavy atom. The molecule has 1 aromatic carbocycles. The minimum atomic E-state index is -0.201. The van der Waals surface area contributed by atoms with Crippen LogP contribution in [0.4, 0.5) is 0 Å². The van der Waals surface area contributed by atoms with Crippen LogP contribution in [0.2, 0.25) is 0 Å². The molecule has 1 aliphatic carbocycles. The van der Waals surface area contributed by atoms with Crippen LogP contribution >= 0.6 is 27.3 Å². The summed E-state index contributed by atoms with van der Waals surface area (Å²) in [7, 11) is 0. The number of halogens is 1. The van der Waals surface area contributed by atoms with Gasteiger partial charge in [-0.15, -0.1) is 11.3 Å². The number of hydrogen-bond donors (Lipinski definition) is 1. The van der Waals surface area contributed by atoms with Crippen LogP contribution in [0.1, 0.15) is 37.6 Å². The van der Waals surface area contributed by atoms with Crippen LogP contribution in [0.15, 0.2) is 22.7 Å². The van der Waals surface area contributed by atoms with Gasteiger partial charge in [0.25, 0.3) is 0 Å². The Bertz CT molecular complexity index is 580. The number of thiazole rings is 1. The topological polar surface area (TPSA) is 38.9 Å². The molecule has 1 saturated carbocycles. The molecule has 2 nitrogen and oxygen atoms in total. The van der Waals surface area contributed by atoms with E-state index in [9.17, 15) is 0 Å². The zero-order chi connectivity index (χ0) is 12.8. The Morgan fingerprint density at radius 1 is 1.50 bits per heavy atom. The molecule has 18 heavy (non-hydrogen) atoms. The van der Waals surface area contributed by atoms with Crippen molar-refractivity contribution in [2.45, 2.75) is 38.1 Å². The first-order chi connectivity index (χ1) is 8.57. The summed E-state index contributed by atoms with van der Waals surface area (Å²) in [5.41, 5.74) is 7.47. The maximum atomic E-state index is 6.61. The van der Waals surface area contributed by atoms with Gasteiger partial charge in [-0.2, -0.15) is 0 Å². The Kier molecular flexibility index (Phi) is 3.20. The summed E-state index contributed by atoms with van der Waals surface area (Å²) in [6.07, 6.45) is 4.65. The third kappa shape index (κ3) is 2.22. The Labute approximate surface area is 120 Å². The maximum absolute atomic E-state index is 6.61. The molecule has 0 saturated heterocycles. The second kappa shape index (κ2) is 4.58. The van der Waals surface area contributed by atoms with Crippen molar-refractivity contribution in [1.82, 2.24) is 4.98 Å². The highest BCUT2D eigenvalue weighted by atomic mass is 79.9. The Morgan fingerprint density at radius 2 is 2.33 bits per heavy atom. The summed E-state index contributed by atoms with van der Waals surface area (Å²) >= 11 is 5.25. The minimum Gasteiger partial charge on any atom is -0.319 e. The third-order valence-electron chi connectivity index (χ3n) is 3.81. The van der Waals surface area contributed by atoms with Crippen molar-refractivity contribution < 1.29 is 0 Å². The zero-order valence-electron chi connectivity index (χ0n) is 10.4. The van der Waals surface area contributed by atoms with Crippen molar-refractivity contribution in [3.05, 3.63) is 27.7 Å². The molecule has 0 amide bonds. The van der Waals surface area contributed by atoms with Gasteiger partial charge in [-0.1, -0.05) is 35.7 Å². The van der Waals surface area contributed by atoms with E-state index in [2.05, 4.69) is 41.1 Å². The van der Waals surface area contributed by atoms with E-state index in [0.717, 1.165) is 27.8 Å². The fraction of sp³-hybridized carbons (Fsp3) is 0.500. The molecule has 0 bridgehead atoms. The zero-order valence-corrected chi connectivity index (χ0v) is 12.9. The first-order valence-electron chi connectivity index (χ1n) is 6.42. The van der Waals surface area contributed by atoms with Crippen LogP contribution < -0.4 is 5.73 Å². The maximum Gasteiger partial charge on any atom is 0.114 e. The van der Waals surface area contributed by atoms with Gasteiger partial charge in [0.1, 0.15) is 5.01 Å². The van der Waals surface area contributed by atoms with E-state index < -0.39 is 0 Å². The molecule has 2 aromatic rings. The fourth-order valence-electron chi connectivity index (χ4n) is 2.90. The summed E-state index contributed by atoms with van der Waals surface area (Å²) in [4.78, 5) is 4.77. The van der Waals surface area contributed by atoms with E-state index in [1.807, 2.05) is 0 Å². The molecule has 96 valence electrons. The van der Waals surface area contributed by atoms with Crippen molar-refractivity contribution in [2.24, 2.45) is 11.7 Å².